The quantitative estimate of drug-likeness (QED) is 0.707. The zero-order valence-electron chi connectivity index (χ0n) is 9.19. The molecule has 0 N–H and O–H groups in total. The molecule has 1 amide bonds. The summed E-state index contributed by atoms with van der Waals surface area (Å²) in [5, 5.41) is 0. The third kappa shape index (κ3) is 2.19. The van der Waals surface area contributed by atoms with Crippen LogP contribution in [0.2, 0.25) is 0 Å². The van der Waals surface area contributed by atoms with Gasteiger partial charge in [-0.1, -0.05) is 6.92 Å². The highest BCUT2D eigenvalue weighted by Gasteiger charge is 2.24. The highest BCUT2D eigenvalue weighted by atomic mass is 16.4. The van der Waals surface area contributed by atoms with E-state index in [1.165, 1.54) is 0 Å². The zero-order chi connectivity index (χ0) is 10.8. The average molecular weight is 208 g/mol. The number of nitrogens with zero attached hydrogens (tertiary/aromatic N) is 2. The van der Waals surface area contributed by atoms with Gasteiger partial charge in [-0.3, -0.25) is 4.79 Å². The van der Waals surface area contributed by atoms with Crippen molar-refractivity contribution < 1.29 is 9.21 Å². The Kier molecular flexibility index (Phi) is 2.75. The van der Waals surface area contributed by atoms with Gasteiger partial charge in [-0.25, -0.2) is 4.98 Å². The van der Waals surface area contributed by atoms with E-state index in [0.717, 1.165) is 31.8 Å². The Bertz CT molecular complexity index is 351. The van der Waals surface area contributed by atoms with Crippen LogP contribution in [0, 0.1) is 12.8 Å². The fraction of sp³-hybridized carbons (Fsp3) is 0.636. The summed E-state index contributed by atoms with van der Waals surface area (Å²) >= 11 is 0. The smallest absolute Gasteiger partial charge is 0.309 e. The van der Waals surface area contributed by atoms with Gasteiger partial charge in [0.2, 0.25) is 0 Å². The van der Waals surface area contributed by atoms with E-state index in [1.807, 2.05) is 4.90 Å². The van der Waals surface area contributed by atoms with E-state index in [0.29, 0.717) is 5.76 Å². The summed E-state index contributed by atoms with van der Waals surface area (Å²) in [6.07, 6.45) is 3.73. The Morgan fingerprint density at radius 1 is 1.53 bits per heavy atom. The maximum atomic E-state index is 11.9. The zero-order valence-corrected chi connectivity index (χ0v) is 9.19. The van der Waals surface area contributed by atoms with E-state index < -0.39 is 0 Å². The number of hydrogen-bond donors (Lipinski definition) is 0. The van der Waals surface area contributed by atoms with E-state index in [4.69, 9.17) is 4.42 Å². The molecule has 4 heteroatoms. The SMILES string of the molecule is Cc1cnc(C(=O)N2CCC(C)CC2)o1. The van der Waals surface area contributed by atoms with E-state index in [1.54, 1.807) is 13.1 Å². The molecule has 2 rings (SSSR count). The van der Waals surface area contributed by atoms with Crippen molar-refractivity contribution in [1.29, 1.82) is 0 Å². The van der Waals surface area contributed by atoms with Crippen LogP contribution in [0.15, 0.2) is 10.6 Å². The number of aryl methyl sites for hydroxylation is 1. The number of aromatic nitrogens is 1. The standard InChI is InChI=1S/C11H16N2O2/c1-8-3-5-13(6-4-8)11(14)10-12-7-9(2)15-10/h7-8H,3-6H2,1-2H3. The topological polar surface area (TPSA) is 46.3 Å². The van der Waals surface area contributed by atoms with Crippen LogP contribution in [0.25, 0.3) is 0 Å². The van der Waals surface area contributed by atoms with Crippen molar-refractivity contribution in [3.63, 3.8) is 0 Å². The van der Waals surface area contributed by atoms with Crippen molar-refractivity contribution in [2.24, 2.45) is 5.92 Å². The summed E-state index contributed by atoms with van der Waals surface area (Å²) in [7, 11) is 0. The lowest BCUT2D eigenvalue weighted by molar-refractivity contribution is 0.0655. The maximum absolute atomic E-state index is 11.9. The minimum absolute atomic E-state index is 0.0741. The number of piperidine rings is 1. The molecule has 1 aliphatic rings. The van der Waals surface area contributed by atoms with Crippen LogP contribution in [0.4, 0.5) is 0 Å². The molecular weight excluding hydrogens is 192 g/mol. The predicted octanol–water partition coefficient (Wildman–Crippen LogP) is 1.86. The number of carbonyl (C=O) groups excluding carboxylic acids is 1. The second-order valence-corrected chi connectivity index (χ2v) is 4.25. The molecule has 0 bridgehead atoms. The highest BCUT2D eigenvalue weighted by molar-refractivity contribution is 5.89. The lowest BCUT2D eigenvalue weighted by Gasteiger charge is -2.29. The number of carbonyl (C=O) groups is 1. The average Bonchev–Trinajstić information content (AvgIpc) is 2.65. The molecule has 1 aromatic heterocycles. The third-order valence-electron chi connectivity index (χ3n) is 2.88. The number of rotatable bonds is 1. The molecule has 15 heavy (non-hydrogen) atoms. The van der Waals surface area contributed by atoms with E-state index in [9.17, 15) is 4.79 Å². The van der Waals surface area contributed by atoms with Crippen molar-refractivity contribution in [2.75, 3.05) is 13.1 Å². The molecule has 1 aliphatic heterocycles. The Morgan fingerprint density at radius 3 is 2.73 bits per heavy atom. The summed E-state index contributed by atoms with van der Waals surface area (Å²) in [6, 6.07) is 0. The van der Waals surface area contributed by atoms with Crippen molar-refractivity contribution in [3.8, 4) is 0 Å². The van der Waals surface area contributed by atoms with Crippen molar-refractivity contribution >= 4 is 5.91 Å². The number of likely N-dealkylation sites (tertiary alicyclic amines) is 1. The Morgan fingerprint density at radius 2 is 2.20 bits per heavy atom. The van der Waals surface area contributed by atoms with Crippen LogP contribution < -0.4 is 0 Å². The molecule has 1 saturated heterocycles. The number of oxazole rings is 1. The molecule has 1 aromatic rings. The van der Waals surface area contributed by atoms with Crippen molar-refractivity contribution in [2.45, 2.75) is 26.7 Å². The normalized spacial score (nSPS) is 18.1. The lowest BCUT2D eigenvalue weighted by atomic mass is 9.99. The van der Waals surface area contributed by atoms with Gasteiger partial charge in [0.25, 0.3) is 5.89 Å². The van der Waals surface area contributed by atoms with Gasteiger partial charge < -0.3 is 9.32 Å². The molecule has 0 unspecified atom stereocenters. The molecule has 0 saturated carbocycles. The Labute approximate surface area is 89.3 Å². The minimum Gasteiger partial charge on any atom is -0.438 e. The number of hydrogen-bond acceptors (Lipinski definition) is 3. The van der Waals surface area contributed by atoms with E-state index in [-0.39, 0.29) is 11.8 Å². The van der Waals surface area contributed by atoms with Crippen LogP contribution in [0.5, 0.6) is 0 Å². The lowest BCUT2D eigenvalue weighted by Crippen LogP contribution is -2.38. The van der Waals surface area contributed by atoms with Crippen molar-refractivity contribution in [3.05, 3.63) is 17.8 Å². The maximum Gasteiger partial charge on any atom is 0.309 e. The van der Waals surface area contributed by atoms with Gasteiger partial charge in [-0.05, 0) is 25.7 Å². The van der Waals surface area contributed by atoms with Crippen molar-refractivity contribution in [1.82, 2.24) is 9.88 Å². The van der Waals surface area contributed by atoms with Crippen LogP contribution >= 0.6 is 0 Å². The molecule has 0 aliphatic carbocycles. The molecule has 0 radical (unpaired) electrons. The van der Waals surface area contributed by atoms with Gasteiger partial charge in [0, 0.05) is 13.1 Å². The van der Waals surface area contributed by atoms with Gasteiger partial charge in [-0.2, -0.15) is 0 Å². The molecule has 4 nitrogen and oxygen atoms in total. The van der Waals surface area contributed by atoms with Gasteiger partial charge in [0.15, 0.2) is 0 Å². The van der Waals surface area contributed by atoms with E-state index >= 15 is 0 Å². The summed E-state index contributed by atoms with van der Waals surface area (Å²) < 4.78 is 5.22. The monoisotopic (exact) mass is 208 g/mol. The predicted molar refractivity (Wildman–Crippen MR) is 55.5 cm³/mol. The molecule has 0 spiro atoms. The van der Waals surface area contributed by atoms with Gasteiger partial charge in [-0.15, -0.1) is 0 Å². The second kappa shape index (κ2) is 4.04. The second-order valence-electron chi connectivity index (χ2n) is 4.25. The molecule has 0 atom stereocenters. The Hall–Kier alpha value is -1.32. The van der Waals surface area contributed by atoms with Crippen LogP contribution in [-0.4, -0.2) is 28.9 Å². The molecule has 1 fully saturated rings. The first-order valence-corrected chi connectivity index (χ1v) is 5.38. The molecule has 2 heterocycles. The van der Waals surface area contributed by atoms with Gasteiger partial charge >= 0.3 is 5.91 Å². The van der Waals surface area contributed by atoms with Gasteiger partial charge in [0.05, 0.1) is 6.20 Å². The molecule has 82 valence electrons. The fourth-order valence-electron chi connectivity index (χ4n) is 1.80. The molecule has 0 aromatic carbocycles. The first-order chi connectivity index (χ1) is 7.16. The summed E-state index contributed by atoms with van der Waals surface area (Å²) in [4.78, 5) is 17.7. The highest BCUT2D eigenvalue weighted by Crippen LogP contribution is 2.17. The fourth-order valence-corrected chi connectivity index (χ4v) is 1.80. The first-order valence-electron chi connectivity index (χ1n) is 5.38. The largest absolute Gasteiger partial charge is 0.438 e. The van der Waals surface area contributed by atoms with Crippen LogP contribution in [-0.2, 0) is 0 Å². The number of amides is 1. The van der Waals surface area contributed by atoms with Gasteiger partial charge in [0.1, 0.15) is 5.76 Å². The minimum atomic E-state index is -0.0741. The Balaban J connectivity index is 2.02. The third-order valence-corrected chi connectivity index (χ3v) is 2.88. The summed E-state index contributed by atoms with van der Waals surface area (Å²) in [6.45, 7) is 5.65. The summed E-state index contributed by atoms with van der Waals surface area (Å²) in [5.74, 6) is 1.56. The van der Waals surface area contributed by atoms with Crippen LogP contribution in [0.3, 0.4) is 0 Å². The summed E-state index contributed by atoms with van der Waals surface area (Å²) in [5.41, 5.74) is 0. The van der Waals surface area contributed by atoms with Crippen LogP contribution in [0.1, 0.15) is 36.2 Å². The molecular formula is C11H16N2O2. The van der Waals surface area contributed by atoms with E-state index in [2.05, 4.69) is 11.9 Å². The first kappa shape index (κ1) is 10.2.